The number of carbonyl (C=O) groups is 1. The van der Waals surface area contributed by atoms with Gasteiger partial charge in [-0.15, -0.1) is 0 Å². The molecule has 1 aliphatic carbocycles. The van der Waals surface area contributed by atoms with Crippen LogP contribution in [0.4, 0.5) is 14.5 Å². The van der Waals surface area contributed by atoms with Crippen molar-refractivity contribution in [1.29, 1.82) is 0 Å². The molecule has 0 heterocycles. The lowest BCUT2D eigenvalue weighted by molar-refractivity contribution is -0.387. The number of carbonyl (C=O) groups excluding carboxylic acids is 1. The molecule has 2 rings (SSSR count). The fourth-order valence-electron chi connectivity index (χ4n) is 1.41. The second-order valence-electron chi connectivity index (χ2n) is 4.09. The highest BCUT2D eigenvalue weighted by atomic mass is 19.1. The molecule has 7 heteroatoms. The third-order valence-electron chi connectivity index (χ3n) is 2.58. The van der Waals surface area contributed by atoms with Crippen molar-refractivity contribution in [3.05, 3.63) is 39.4 Å². The van der Waals surface area contributed by atoms with Crippen molar-refractivity contribution in [1.82, 2.24) is 0 Å². The number of benzene rings is 1. The number of ether oxygens (including phenoxy) is 1. The van der Waals surface area contributed by atoms with Crippen LogP contribution in [0.15, 0.2) is 12.1 Å². The third-order valence-corrected chi connectivity index (χ3v) is 2.58. The Morgan fingerprint density at radius 3 is 2.67 bits per heavy atom. The third kappa shape index (κ3) is 2.61. The predicted molar refractivity (Wildman–Crippen MR) is 56.0 cm³/mol. The number of halogens is 2. The molecule has 0 N–H and O–H groups in total. The van der Waals surface area contributed by atoms with Crippen molar-refractivity contribution in [3.8, 4) is 0 Å². The summed E-state index contributed by atoms with van der Waals surface area (Å²) >= 11 is 0. The fraction of sp³-hybridized carbons (Fsp3) is 0.364. The van der Waals surface area contributed by atoms with Gasteiger partial charge in [-0.2, -0.15) is 4.39 Å². The molecule has 0 saturated heterocycles. The van der Waals surface area contributed by atoms with Crippen molar-refractivity contribution in [3.63, 3.8) is 0 Å². The van der Waals surface area contributed by atoms with E-state index in [2.05, 4.69) is 0 Å². The summed E-state index contributed by atoms with van der Waals surface area (Å²) in [6.07, 6.45) is 1.86. The normalized spacial score (nSPS) is 14.3. The van der Waals surface area contributed by atoms with E-state index in [1.807, 2.05) is 0 Å². The molecule has 0 amide bonds. The van der Waals surface area contributed by atoms with E-state index in [4.69, 9.17) is 4.74 Å². The van der Waals surface area contributed by atoms with E-state index in [9.17, 15) is 23.7 Å². The van der Waals surface area contributed by atoms with Crippen LogP contribution in [-0.4, -0.2) is 17.5 Å². The van der Waals surface area contributed by atoms with Crippen LogP contribution in [0, 0.1) is 27.7 Å². The summed E-state index contributed by atoms with van der Waals surface area (Å²) in [7, 11) is 0. The first-order valence-corrected chi connectivity index (χ1v) is 5.29. The molecule has 0 atom stereocenters. The van der Waals surface area contributed by atoms with Crippen LogP contribution < -0.4 is 0 Å². The lowest BCUT2D eigenvalue weighted by Crippen LogP contribution is -2.11. The Labute approximate surface area is 101 Å². The molecule has 1 fully saturated rings. The smallest absolute Gasteiger partial charge is 0.341 e. The van der Waals surface area contributed by atoms with Crippen LogP contribution in [0.5, 0.6) is 0 Å². The van der Waals surface area contributed by atoms with Crippen molar-refractivity contribution in [2.75, 3.05) is 6.61 Å². The number of rotatable bonds is 4. The van der Waals surface area contributed by atoms with E-state index < -0.39 is 33.8 Å². The molecule has 0 aromatic heterocycles. The quantitative estimate of drug-likeness (QED) is 0.472. The van der Waals surface area contributed by atoms with Gasteiger partial charge in [-0.3, -0.25) is 10.1 Å². The second-order valence-corrected chi connectivity index (χ2v) is 4.09. The molecule has 0 spiro atoms. The van der Waals surface area contributed by atoms with E-state index in [0.717, 1.165) is 12.8 Å². The van der Waals surface area contributed by atoms with Crippen LogP contribution in [0.3, 0.4) is 0 Å². The minimum absolute atomic E-state index is 0.128. The number of hydrogen-bond acceptors (Lipinski definition) is 4. The molecule has 0 bridgehead atoms. The average Bonchev–Trinajstić information content (AvgIpc) is 3.12. The monoisotopic (exact) mass is 257 g/mol. The van der Waals surface area contributed by atoms with Crippen molar-refractivity contribution in [2.24, 2.45) is 5.92 Å². The number of nitro groups is 1. The summed E-state index contributed by atoms with van der Waals surface area (Å²) in [6, 6.07) is 1.02. The van der Waals surface area contributed by atoms with Gasteiger partial charge >= 0.3 is 11.7 Å². The Balaban J connectivity index is 2.24. The van der Waals surface area contributed by atoms with Gasteiger partial charge in [0.05, 0.1) is 17.6 Å². The minimum Gasteiger partial charge on any atom is -0.462 e. The maximum Gasteiger partial charge on any atom is 0.341 e. The molecular weight excluding hydrogens is 248 g/mol. The minimum atomic E-state index is -1.37. The fourth-order valence-corrected chi connectivity index (χ4v) is 1.41. The second kappa shape index (κ2) is 4.67. The SMILES string of the molecule is O=C(OCC1CC1)c1cc(F)cc([N+](=O)[O-])c1F. The maximum atomic E-state index is 13.6. The van der Waals surface area contributed by atoms with Crippen LogP contribution in [-0.2, 0) is 4.74 Å². The Bertz CT molecular complexity index is 514. The zero-order chi connectivity index (χ0) is 13.3. The van der Waals surface area contributed by atoms with E-state index in [0.29, 0.717) is 12.1 Å². The number of nitro benzene ring substituents is 1. The van der Waals surface area contributed by atoms with Crippen LogP contribution in [0.25, 0.3) is 0 Å². The van der Waals surface area contributed by atoms with Crippen LogP contribution in [0.2, 0.25) is 0 Å². The standard InChI is InChI=1S/C11H9F2NO4/c12-7-3-8(10(13)9(4-7)14(16)17)11(15)18-5-6-1-2-6/h3-4,6H,1-2,5H2. The van der Waals surface area contributed by atoms with E-state index in [1.54, 1.807) is 0 Å². The number of nitrogens with zero attached hydrogens (tertiary/aromatic N) is 1. The summed E-state index contributed by atoms with van der Waals surface area (Å²) in [5.74, 6) is -3.24. The average molecular weight is 257 g/mol. The van der Waals surface area contributed by atoms with E-state index in [-0.39, 0.29) is 12.5 Å². The Hall–Kier alpha value is -2.05. The summed E-state index contributed by atoms with van der Waals surface area (Å²) in [5, 5.41) is 10.5. The zero-order valence-corrected chi connectivity index (χ0v) is 9.19. The highest BCUT2D eigenvalue weighted by molar-refractivity contribution is 5.90. The van der Waals surface area contributed by atoms with Crippen LogP contribution >= 0.6 is 0 Å². The van der Waals surface area contributed by atoms with E-state index in [1.165, 1.54) is 0 Å². The number of esters is 1. The largest absolute Gasteiger partial charge is 0.462 e. The van der Waals surface area contributed by atoms with Crippen molar-refractivity contribution in [2.45, 2.75) is 12.8 Å². The zero-order valence-electron chi connectivity index (χ0n) is 9.19. The van der Waals surface area contributed by atoms with E-state index >= 15 is 0 Å². The van der Waals surface area contributed by atoms with Crippen molar-refractivity contribution >= 4 is 11.7 Å². The first-order chi connectivity index (χ1) is 8.49. The highest BCUT2D eigenvalue weighted by Crippen LogP contribution is 2.29. The van der Waals surface area contributed by atoms with Gasteiger partial charge in [-0.25, -0.2) is 9.18 Å². The molecule has 5 nitrogen and oxygen atoms in total. The van der Waals surface area contributed by atoms with Gasteiger partial charge in [0.15, 0.2) is 0 Å². The lowest BCUT2D eigenvalue weighted by atomic mass is 10.2. The summed E-state index contributed by atoms with van der Waals surface area (Å²) < 4.78 is 31.4. The number of hydrogen-bond donors (Lipinski definition) is 0. The van der Waals surface area contributed by atoms with Gasteiger partial charge in [0.1, 0.15) is 11.4 Å². The first kappa shape index (κ1) is 12.4. The predicted octanol–water partition coefficient (Wildman–Crippen LogP) is 2.44. The maximum absolute atomic E-state index is 13.6. The molecule has 1 saturated carbocycles. The molecule has 1 aromatic carbocycles. The lowest BCUT2D eigenvalue weighted by Gasteiger charge is -2.05. The van der Waals surface area contributed by atoms with Gasteiger partial charge in [0.25, 0.3) is 0 Å². The topological polar surface area (TPSA) is 69.4 Å². The summed E-state index contributed by atoms with van der Waals surface area (Å²) in [5.41, 5.74) is -1.82. The Morgan fingerprint density at radius 1 is 1.44 bits per heavy atom. The van der Waals surface area contributed by atoms with Crippen molar-refractivity contribution < 1.29 is 23.2 Å². The molecule has 0 aliphatic heterocycles. The molecule has 18 heavy (non-hydrogen) atoms. The van der Waals surface area contributed by atoms with Gasteiger partial charge in [-0.05, 0) is 24.8 Å². The Morgan fingerprint density at radius 2 is 2.11 bits per heavy atom. The summed E-state index contributed by atoms with van der Waals surface area (Å²) in [4.78, 5) is 20.9. The van der Waals surface area contributed by atoms with Gasteiger partial charge in [-0.1, -0.05) is 0 Å². The highest BCUT2D eigenvalue weighted by Gasteiger charge is 2.27. The van der Waals surface area contributed by atoms with Gasteiger partial charge in [0, 0.05) is 0 Å². The molecule has 1 aromatic rings. The molecule has 0 unspecified atom stereocenters. The van der Waals surface area contributed by atoms with Crippen LogP contribution in [0.1, 0.15) is 23.2 Å². The first-order valence-electron chi connectivity index (χ1n) is 5.29. The Kier molecular flexibility index (Phi) is 3.22. The molecule has 1 aliphatic rings. The summed E-state index contributed by atoms with van der Waals surface area (Å²) in [6.45, 7) is 0.128. The molecular formula is C11H9F2NO4. The van der Waals surface area contributed by atoms with Gasteiger partial charge < -0.3 is 4.74 Å². The molecule has 0 radical (unpaired) electrons. The molecule has 96 valence electrons. The van der Waals surface area contributed by atoms with Gasteiger partial charge in [0.2, 0.25) is 5.82 Å².